The van der Waals surface area contributed by atoms with E-state index in [9.17, 15) is 15.0 Å². The molecule has 28 heavy (non-hydrogen) atoms. The molecule has 0 aromatic carbocycles. The average molecular weight is 386 g/mol. The monoisotopic (exact) mass is 385 g/mol. The number of carbonyl (C=O) groups excluding carboxylic acids is 1. The first-order chi connectivity index (χ1) is 13.3. The first-order valence-electron chi connectivity index (χ1n) is 11.3. The van der Waals surface area contributed by atoms with Crippen LogP contribution in [0.3, 0.4) is 0 Å². The third-order valence-corrected chi connectivity index (χ3v) is 11.1. The summed E-state index contributed by atoms with van der Waals surface area (Å²) in [6, 6.07) is 0.990. The minimum absolute atomic E-state index is 0.00696. The third-order valence-electron chi connectivity index (χ3n) is 11.1. The van der Waals surface area contributed by atoms with E-state index in [0.717, 1.165) is 44.2 Å². The number of nitrogens with zero attached hydrogens (tertiary/aromatic N) is 1. The molecule has 0 amide bonds. The van der Waals surface area contributed by atoms with Crippen molar-refractivity contribution >= 4 is 5.97 Å². The van der Waals surface area contributed by atoms with Crippen LogP contribution in [0.2, 0.25) is 0 Å². The van der Waals surface area contributed by atoms with Crippen molar-refractivity contribution in [3.63, 3.8) is 0 Å². The lowest BCUT2D eigenvalue weighted by Crippen LogP contribution is -2.71. The number of esters is 1. The summed E-state index contributed by atoms with van der Waals surface area (Å²) in [5, 5.41) is 23.1. The Labute approximate surface area is 166 Å². The Kier molecular flexibility index (Phi) is 2.74. The van der Waals surface area contributed by atoms with Crippen molar-refractivity contribution in [2.75, 3.05) is 6.54 Å². The molecule has 8 aliphatic rings. The maximum atomic E-state index is 12.1. The maximum Gasteiger partial charge on any atom is 0.302 e. The van der Waals surface area contributed by atoms with E-state index in [0.29, 0.717) is 23.9 Å². The number of hydrogen-bond donors (Lipinski definition) is 2. The number of rotatable bonds is 1. The van der Waals surface area contributed by atoms with Gasteiger partial charge in [-0.15, -0.1) is 0 Å². The quantitative estimate of drug-likeness (QED) is 0.409. The Hall–Kier alpha value is -0.910. The van der Waals surface area contributed by atoms with Crippen LogP contribution in [0.25, 0.3) is 0 Å². The van der Waals surface area contributed by atoms with E-state index in [1.165, 1.54) is 6.92 Å². The van der Waals surface area contributed by atoms with Crippen molar-refractivity contribution in [3.8, 4) is 0 Å². The van der Waals surface area contributed by atoms with Crippen molar-refractivity contribution < 1.29 is 19.7 Å². The zero-order chi connectivity index (χ0) is 19.4. The fraction of sp³-hybridized carbons (Fsp3) is 0.870. The van der Waals surface area contributed by atoms with Crippen LogP contribution >= 0.6 is 0 Å². The lowest BCUT2D eigenvalue weighted by molar-refractivity contribution is -0.255. The molecule has 152 valence electrons. The lowest BCUT2D eigenvalue weighted by Gasteiger charge is -2.68. The van der Waals surface area contributed by atoms with Crippen molar-refractivity contribution in [3.05, 3.63) is 12.2 Å². The highest BCUT2D eigenvalue weighted by Crippen LogP contribution is 2.85. The smallest absolute Gasteiger partial charge is 0.302 e. The van der Waals surface area contributed by atoms with Gasteiger partial charge in [-0.1, -0.05) is 13.5 Å². The van der Waals surface area contributed by atoms with Crippen LogP contribution in [0, 0.1) is 39.9 Å². The van der Waals surface area contributed by atoms with Gasteiger partial charge >= 0.3 is 5.97 Å². The molecule has 0 aromatic heterocycles. The fourth-order valence-electron chi connectivity index (χ4n) is 10.6. The van der Waals surface area contributed by atoms with E-state index in [1.807, 2.05) is 0 Å². The molecule has 8 fully saturated rings. The molecule has 2 spiro atoms. The fourth-order valence-corrected chi connectivity index (χ4v) is 10.6. The van der Waals surface area contributed by atoms with Crippen LogP contribution < -0.4 is 0 Å². The summed E-state index contributed by atoms with van der Waals surface area (Å²) in [5.41, 5.74) is 0.636. The van der Waals surface area contributed by atoms with Gasteiger partial charge in [-0.05, 0) is 54.9 Å². The molecule has 6 aliphatic carbocycles. The molecule has 4 unspecified atom stereocenters. The number of hydrogen-bond acceptors (Lipinski definition) is 5. The molecule has 5 heteroatoms. The van der Waals surface area contributed by atoms with Gasteiger partial charge in [0.15, 0.2) is 0 Å². The zero-order valence-corrected chi connectivity index (χ0v) is 16.8. The van der Waals surface area contributed by atoms with Gasteiger partial charge in [0.1, 0.15) is 6.10 Å². The Morgan fingerprint density at radius 3 is 2.82 bits per heavy atom. The predicted molar refractivity (Wildman–Crippen MR) is 101 cm³/mol. The molecule has 5 nitrogen and oxygen atoms in total. The van der Waals surface area contributed by atoms with Crippen LogP contribution in [-0.4, -0.2) is 58.0 Å². The normalized spacial score (nSPS) is 67.1. The maximum absolute atomic E-state index is 12.1. The number of aliphatic hydroxyl groups is 2. The highest BCUT2D eigenvalue weighted by molar-refractivity contribution is 5.66. The van der Waals surface area contributed by atoms with Gasteiger partial charge in [0.25, 0.3) is 0 Å². The van der Waals surface area contributed by atoms with Crippen molar-refractivity contribution in [2.45, 2.75) is 76.3 Å². The number of fused-ring (bicyclic) bond motifs is 4. The van der Waals surface area contributed by atoms with Crippen molar-refractivity contribution in [1.82, 2.24) is 4.90 Å². The second-order valence-electron chi connectivity index (χ2n) is 11.4. The molecule has 13 atom stereocenters. The molecule has 2 saturated heterocycles. The Morgan fingerprint density at radius 1 is 1.29 bits per heavy atom. The number of ether oxygens (including phenoxy) is 1. The lowest BCUT2D eigenvalue weighted by atomic mass is 9.38. The van der Waals surface area contributed by atoms with E-state index < -0.39 is 12.2 Å². The largest absolute Gasteiger partial charge is 0.462 e. The van der Waals surface area contributed by atoms with Gasteiger partial charge in [-0.2, -0.15) is 0 Å². The SMILES string of the molecule is C=C1[C@H]2CC[C@@]3(C4C[C@H]5[C@]6(C4N4CC4[C@]5(C)CC[C@@H]6OC(C)=O)[C@@H]3[C@H]2O)[C@@H]1O. The second kappa shape index (κ2) is 4.55. The molecule has 6 saturated carbocycles. The summed E-state index contributed by atoms with van der Waals surface area (Å²) in [7, 11) is 0. The van der Waals surface area contributed by atoms with Gasteiger partial charge in [-0.25, -0.2) is 0 Å². The van der Waals surface area contributed by atoms with E-state index in [4.69, 9.17) is 4.74 Å². The van der Waals surface area contributed by atoms with Gasteiger partial charge < -0.3 is 14.9 Å². The van der Waals surface area contributed by atoms with E-state index in [2.05, 4.69) is 18.4 Å². The third kappa shape index (κ3) is 1.37. The Morgan fingerprint density at radius 2 is 2.07 bits per heavy atom. The summed E-state index contributed by atoms with van der Waals surface area (Å²) in [5.74, 6) is 0.689. The zero-order valence-electron chi connectivity index (χ0n) is 16.8. The summed E-state index contributed by atoms with van der Waals surface area (Å²) in [4.78, 5) is 14.8. The summed E-state index contributed by atoms with van der Waals surface area (Å²) in [6.07, 6.45) is 3.94. The standard InChI is InChI=1S/C23H31NO4/c1-10-12-4-7-22(20(10)27)13-8-14-21(3)6-5-16(28-11(2)25)23(14,18(22)17(12)26)19(13)24-9-15(21)24/h12-20,26-27H,1,4-9H2,2-3H3/t12-,13?,14-,15?,16+,17+,18-,19?,20-,21-,22+,23-,24?/m1/s1. The topological polar surface area (TPSA) is 69.8 Å². The van der Waals surface area contributed by atoms with Crippen molar-refractivity contribution in [1.29, 1.82) is 0 Å². The molecule has 7 bridgehead atoms. The molecule has 2 N–H and O–H groups in total. The molecular formula is C23H31NO4. The van der Waals surface area contributed by atoms with Crippen LogP contribution in [0.1, 0.15) is 46.0 Å². The molecule has 8 rings (SSSR count). The first kappa shape index (κ1) is 16.8. The van der Waals surface area contributed by atoms with Crippen LogP contribution in [0.5, 0.6) is 0 Å². The highest BCUT2D eigenvalue weighted by Gasteiger charge is 2.89. The predicted octanol–water partition coefficient (Wildman–Crippen LogP) is 1.72. The Balaban J connectivity index is 1.49. The summed E-state index contributed by atoms with van der Waals surface area (Å²) >= 11 is 0. The molecule has 0 aromatic rings. The van der Waals surface area contributed by atoms with Crippen LogP contribution in [-0.2, 0) is 9.53 Å². The van der Waals surface area contributed by atoms with E-state index >= 15 is 0 Å². The minimum Gasteiger partial charge on any atom is -0.462 e. The Bertz CT molecular complexity index is 827. The van der Waals surface area contributed by atoms with Crippen LogP contribution in [0.4, 0.5) is 0 Å². The molecule has 2 aliphatic heterocycles. The highest BCUT2D eigenvalue weighted by atomic mass is 16.5. The van der Waals surface area contributed by atoms with E-state index in [1.54, 1.807) is 0 Å². The van der Waals surface area contributed by atoms with Crippen molar-refractivity contribution in [2.24, 2.45) is 39.9 Å². The first-order valence-corrected chi connectivity index (χ1v) is 11.3. The number of piperidine rings is 1. The minimum atomic E-state index is -0.518. The van der Waals surface area contributed by atoms with Gasteiger partial charge in [0.05, 0.1) is 12.2 Å². The summed E-state index contributed by atoms with van der Waals surface area (Å²) in [6.45, 7) is 9.36. The number of aliphatic hydroxyl groups excluding tert-OH is 2. The average Bonchev–Trinajstić information content (AvgIpc) is 3.32. The van der Waals surface area contributed by atoms with Gasteiger partial charge in [0, 0.05) is 48.2 Å². The summed E-state index contributed by atoms with van der Waals surface area (Å²) < 4.78 is 6.07. The second-order valence-corrected chi connectivity index (χ2v) is 11.4. The molecule has 2 heterocycles. The van der Waals surface area contributed by atoms with E-state index in [-0.39, 0.29) is 40.2 Å². The van der Waals surface area contributed by atoms with Gasteiger partial charge in [-0.3, -0.25) is 9.69 Å². The molecule has 0 radical (unpaired) electrons. The van der Waals surface area contributed by atoms with Crippen LogP contribution in [0.15, 0.2) is 12.2 Å². The van der Waals surface area contributed by atoms with Gasteiger partial charge in [0.2, 0.25) is 0 Å². The number of carbonyl (C=O) groups is 1. The molecular weight excluding hydrogens is 354 g/mol.